The minimum absolute atomic E-state index is 0.172. The third-order valence-electron chi connectivity index (χ3n) is 9.57. The molecule has 0 spiro atoms. The molecule has 0 saturated carbocycles. The number of imidazole rings is 1. The molecule has 10 heteroatoms. The Morgan fingerprint density at radius 2 is 1.72 bits per heavy atom. The van der Waals surface area contributed by atoms with Crippen LogP contribution in [-0.4, -0.2) is 63.1 Å². The van der Waals surface area contributed by atoms with Crippen molar-refractivity contribution in [1.29, 1.82) is 5.26 Å². The lowest BCUT2D eigenvalue weighted by Gasteiger charge is -2.38. The topological polar surface area (TPSA) is 122 Å². The van der Waals surface area contributed by atoms with Gasteiger partial charge >= 0.3 is 5.69 Å². The normalized spacial score (nSPS) is 18.4. The van der Waals surface area contributed by atoms with Crippen molar-refractivity contribution in [2.24, 2.45) is 11.3 Å². The van der Waals surface area contributed by atoms with E-state index in [-0.39, 0.29) is 34.4 Å². The number of piperidine rings is 2. The summed E-state index contributed by atoms with van der Waals surface area (Å²) in [4.78, 5) is 36.3. The summed E-state index contributed by atoms with van der Waals surface area (Å²) in [6.07, 6.45) is 6.96. The number of rotatable bonds is 7. The Hall–Kier alpha value is -4.88. The summed E-state index contributed by atoms with van der Waals surface area (Å²) >= 11 is 0. The largest absolute Gasteiger partial charge is 0.457 e. The zero-order valence-electron chi connectivity index (χ0n) is 26.7. The second-order valence-corrected chi connectivity index (χ2v) is 13.1. The van der Waals surface area contributed by atoms with Crippen LogP contribution < -0.4 is 16.2 Å². The molecule has 2 fully saturated rings. The molecule has 4 heterocycles. The van der Waals surface area contributed by atoms with Crippen molar-refractivity contribution < 1.29 is 9.53 Å². The van der Waals surface area contributed by atoms with Crippen LogP contribution in [0.3, 0.4) is 0 Å². The van der Waals surface area contributed by atoms with Crippen LogP contribution in [0.1, 0.15) is 45.6 Å². The molecule has 1 atom stereocenters. The second-order valence-electron chi connectivity index (χ2n) is 13.1. The van der Waals surface area contributed by atoms with E-state index >= 15 is 0 Å². The quantitative estimate of drug-likeness (QED) is 0.213. The molecule has 2 aliphatic rings. The zero-order valence-corrected chi connectivity index (χ0v) is 26.7. The molecule has 2 N–H and O–H groups in total. The zero-order chi connectivity index (χ0) is 32.4. The first-order chi connectivity index (χ1) is 22.2. The predicted octanol–water partition coefficient (Wildman–Crippen LogP) is 5.54. The van der Waals surface area contributed by atoms with Crippen molar-refractivity contribution in [3.63, 3.8) is 0 Å². The van der Waals surface area contributed by atoms with E-state index in [0.717, 1.165) is 25.9 Å². The Morgan fingerprint density at radius 1 is 1.02 bits per heavy atom. The van der Waals surface area contributed by atoms with Crippen molar-refractivity contribution in [1.82, 2.24) is 23.9 Å². The molecule has 238 valence electrons. The first-order valence-corrected chi connectivity index (χ1v) is 16.0. The first kappa shape index (κ1) is 31.1. The Labute approximate surface area is 269 Å². The number of amides is 1. The van der Waals surface area contributed by atoms with Crippen LogP contribution in [0.5, 0.6) is 11.5 Å². The van der Waals surface area contributed by atoms with Gasteiger partial charge in [-0.15, -0.1) is 0 Å². The molecule has 1 amide bonds. The standard InChI is InChI=1S/C36H41N7O3/c1-36(2,26-16-20-40(3)21-17-26)22-25(23-37)34(44)41-19-7-8-28(24-41)42-31-15-18-39-33(38)32(31)43(35(42)45)27-11-13-30(14-12-27)46-29-9-5-4-6-10-29/h4-6,9-15,18,22,26,28H,7-8,16-17,19-21,24H2,1-3H3,(H2,38,39)/b25-22-/t28-/m1/s1. The molecule has 46 heavy (non-hydrogen) atoms. The van der Waals surface area contributed by atoms with E-state index in [9.17, 15) is 14.9 Å². The van der Waals surface area contributed by atoms with E-state index in [2.05, 4.69) is 36.8 Å². The summed E-state index contributed by atoms with van der Waals surface area (Å²) in [6, 6.07) is 20.5. The summed E-state index contributed by atoms with van der Waals surface area (Å²) in [5, 5.41) is 10.1. The van der Waals surface area contributed by atoms with Gasteiger partial charge < -0.3 is 20.3 Å². The lowest BCUT2D eigenvalue weighted by Crippen LogP contribution is -2.43. The molecule has 0 aliphatic carbocycles. The maximum Gasteiger partial charge on any atom is 0.334 e. The lowest BCUT2D eigenvalue weighted by atomic mass is 9.72. The number of carbonyl (C=O) groups is 1. The van der Waals surface area contributed by atoms with Gasteiger partial charge in [-0.3, -0.25) is 13.9 Å². The third-order valence-corrected chi connectivity index (χ3v) is 9.57. The number of carbonyl (C=O) groups excluding carboxylic acids is 1. The number of hydrogen-bond acceptors (Lipinski definition) is 7. The third kappa shape index (κ3) is 6.15. The number of aromatic nitrogens is 3. The number of anilines is 1. The minimum Gasteiger partial charge on any atom is -0.457 e. The summed E-state index contributed by atoms with van der Waals surface area (Å²) in [7, 11) is 2.13. The molecular weight excluding hydrogens is 578 g/mol. The van der Waals surface area contributed by atoms with Gasteiger partial charge in [-0.2, -0.15) is 5.26 Å². The molecule has 10 nitrogen and oxygen atoms in total. The van der Waals surface area contributed by atoms with Gasteiger partial charge in [0.15, 0.2) is 0 Å². The highest BCUT2D eigenvalue weighted by Gasteiger charge is 2.34. The Bertz CT molecular complexity index is 1840. The van der Waals surface area contributed by atoms with E-state index in [1.165, 1.54) is 0 Å². The number of likely N-dealkylation sites (tertiary alicyclic amines) is 2. The number of nitrogens with two attached hydrogens (primary N) is 1. The fourth-order valence-corrected chi connectivity index (χ4v) is 6.97. The molecule has 0 bridgehead atoms. The summed E-state index contributed by atoms with van der Waals surface area (Å²) in [5.41, 5.74) is 7.81. The van der Waals surface area contributed by atoms with Crippen LogP contribution in [0.25, 0.3) is 16.7 Å². The van der Waals surface area contributed by atoms with E-state index in [1.54, 1.807) is 26.3 Å². The number of hydrogen-bond donors (Lipinski definition) is 1. The average molecular weight is 620 g/mol. The molecule has 2 saturated heterocycles. The smallest absolute Gasteiger partial charge is 0.334 e. The lowest BCUT2D eigenvalue weighted by molar-refractivity contribution is -0.128. The molecule has 4 aromatic rings. The van der Waals surface area contributed by atoms with Gasteiger partial charge in [-0.25, -0.2) is 9.78 Å². The first-order valence-electron chi connectivity index (χ1n) is 16.0. The number of nitrogens with zero attached hydrogens (tertiary/aromatic N) is 6. The SMILES string of the molecule is CN1CCC(C(C)(C)/C=C(/C#N)C(=O)N2CCC[C@@H](n3c(=O)n(-c4ccc(Oc5ccccc5)cc4)c4c(N)nccc43)C2)CC1. The van der Waals surface area contributed by atoms with Gasteiger partial charge in [0.05, 0.1) is 17.2 Å². The van der Waals surface area contributed by atoms with Crippen LogP contribution in [0.4, 0.5) is 5.82 Å². The summed E-state index contributed by atoms with van der Waals surface area (Å²) < 4.78 is 9.26. The maximum atomic E-state index is 14.2. The van der Waals surface area contributed by atoms with Gasteiger partial charge in [0.2, 0.25) is 0 Å². The number of pyridine rings is 1. The van der Waals surface area contributed by atoms with Crippen molar-refractivity contribution in [2.45, 2.75) is 45.6 Å². The molecule has 0 radical (unpaired) electrons. The van der Waals surface area contributed by atoms with Crippen molar-refractivity contribution in [2.75, 3.05) is 39.0 Å². The Balaban J connectivity index is 1.28. The highest BCUT2D eigenvalue weighted by molar-refractivity contribution is 5.97. The number of benzene rings is 2. The van der Waals surface area contributed by atoms with Gasteiger partial charge in [0, 0.05) is 19.3 Å². The molecule has 2 aromatic heterocycles. The van der Waals surface area contributed by atoms with Crippen molar-refractivity contribution in [3.05, 3.63) is 89.0 Å². The average Bonchev–Trinajstić information content (AvgIpc) is 3.37. The molecular formula is C36H41N7O3. The van der Waals surface area contributed by atoms with E-state index in [4.69, 9.17) is 10.5 Å². The van der Waals surface area contributed by atoms with Crippen LogP contribution in [0, 0.1) is 22.7 Å². The van der Waals surface area contributed by atoms with Gasteiger partial charge in [0.1, 0.15) is 34.5 Å². The molecule has 2 aliphatic heterocycles. The highest BCUT2D eigenvalue weighted by Crippen LogP contribution is 2.37. The summed E-state index contributed by atoms with van der Waals surface area (Å²) in [5.74, 6) is 1.72. The highest BCUT2D eigenvalue weighted by atomic mass is 16.5. The van der Waals surface area contributed by atoms with Gasteiger partial charge in [-0.1, -0.05) is 38.1 Å². The van der Waals surface area contributed by atoms with Crippen LogP contribution in [-0.2, 0) is 4.79 Å². The number of nitriles is 1. The summed E-state index contributed by atoms with van der Waals surface area (Å²) in [6.45, 7) is 7.12. The van der Waals surface area contributed by atoms with Crippen molar-refractivity contribution in [3.8, 4) is 23.3 Å². The van der Waals surface area contributed by atoms with E-state index in [1.807, 2.05) is 60.7 Å². The molecule has 2 aromatic carbocycles. The van der Waals surface area contributed by atoms with E-state index < -0.39 is 0 Å². The van der Waals surface area contributed by atoms with Gasteiger partial charge in [0.25, 0.3) is 5.91 Å². The second kappa shape index (κ2) is 12.9. The fraction of sp³-hybridized carbons (Fsp3) is 0.389. The predicted molar refractivity (Wildman–Crippen MR) is 179 cm³/mol. The minimum atomic E-state index is -0.293. The number of fused-ring (bicyclic) bond motifs is 1. The van der Waals surface area contributed by atoms with Crippen LogP contribution >= 0.6 is 0 Å². The monoisotopic (exact) mass is 619 g/mol. The Morgan fingerprint density at radius 3 is 2.41 bits per heavy atom. The van der Waals surface area contributed by atoms with E-state index in [0.29, 0.717) is 60.1 Å². The number of ether oxygens (including phenoxy) is 1. The van der Waals surface area contributed by atoms with Crippen LogP contribution in [0.2, 0.25) is 0 Å². The number of allylic oxidation sites excluding steroid dienone is 1. The fourth-order valence-electron chi connectivity index (χ4n) is 6.97. The van der Waals surface area contributed by atoms with Crippen molar-refractivity contribution >= 4 is 22.8 Å². The van der Waals surface area contributed by atoms with Gasteiger partial charge in [-0.05, 0) is 99.6 Å². The molecule has 6 rings (SSSR count). The molecule has 0 unspecified atom stereocenters. The number of nitrogen functional groups attached to an aromatic ring is 1. The van der Waals surface area contributed by atoms with Crippen LogP contribution in [0.15, 0.2) is 83.3 Å². The Kier molecular flexibility index (Phi) is 8.69. The maximum absolute atomic E-state index is 14.2. The number of para-hydroxylation sites is 1.